The Balaban J connectivity index is 3.78. The Bertz CT molecular complexity index is 317. The third kappa shape index (κ3) is 11.8. The molecule has 0 saturated heterocycles. The van der Waals surface area contributed by atoms with Crippen molar-refractivity contribution < 1.29 is 9.59 Å². The van der Waals surface area contributed by atoms with Crippen molar-refractivity contribution in [1.29, 1.82) is 0 Å². The Labute approximate surface area is 95.7 Å². The molecular formula is C14H14O2. The van der Waals surface area contributed by atoms with Crippen molar-refractivity contribution in [3.05, 3.63) is 72.9 Å². The molecule has 0 spiro atoms. The zero-order valence-electron chi connectivity index (χ0n) is 8.90. The quantitative estimate of drug-likeness (QED) is 0.371. The van der Waals surface area contributed by atoms with E-state index in [1.165, 1.54) is 12.2 Å². The lowest BCUT2D eigenvalue weighted by Gasteiger charge is -1.73. The number of aldehydes is 2. The molecule has 0 fully saturated rings. The molecule has 2 heteroatoms. The number of allylic oxidation sites excluding steroid dienone is 12. The lowest BCUT2D eigenvalue weighted by atomic mass is 10.3. The fourth-order valence-electron chi connectivity index (χ4n) is 0.732. The zero-order valence-corrected chi connectivity index (χ0v) is 8.90. The number of rotatable bonds is 7. The molecular weight excluding hydrogens is 200 g/mol. The predicted molar refractivity (Wildman–Crippen MR) is 67.0 cm³/mol. The van der Waals surface area contributed by atoms with Crippen molar-refractivity contribution in [2.24, 2.45) is 0 Å². The van der Waals surface area contributed by atoms with E-state index in [1.807, 2.05) is 36.5 Å². The molecule has 0 amide bonds. The normalized spacial score (nSPS) is 13.2. The summed E-state index contributed by atoms with van der Waals surface area (Å²) in [5.74, 6) is 0. The van der Waals surface area contributed by atoms with E-state index in [4.69, 9.17) is 0 Å². The van der Waals surface area contributed by atoms with Crippen molar-refractivity contribution in [2.75, 3.05) is 0 Å². The minimum Gasteiger partial charge on any atom is -0.299 e. The van der Waals surface area contributed by atoms with Gasteiger partial charge in [0.25, 0.3) is 0 Å². The van der Waals surface area contributed by atoms with Gasteiger partial charge in [-0.25, -0.2) is 0 Å². The van der Waals surface area contributed by atoms with Gasteiger partial charge in [-0.15, -0.1) is 0 Å². The van der Waals surface area contributed by atoms with Gasteiger partial charge in [-0.2, -0.15) is 0 Å². The first-order chi connectivity index (χ1) is 7.91. The standard InChI is InChI=1S/C14H14O2/c15-13-11-9-7-5-3-1-2-4-6-8-10-12-14-16/h1-14H/b3-1+,4-2+,7-5+,8-6+,11-9+,12-10+. The van der Waals surface area contributed by atoms with E-state index in [1.54, 1.807) is 24.3 Å². The van der Waals surface area contributed by atoms with Crippen LogP contribution >= 0.6 is 0 Å². The molecule has 0 saturated carbocycles. The number of carbonyl (C=O) groups is 2. The first-order valence-corrected chi connectivity index (χ1v) is 4.80. The van der Waals surface area contributed by atoms with Gasteiger partial charge in [0.05, 0.1) is 0 Å². The van der Waals surface area contributed by atoms with Crippen LogP contribution in [0.1, 0.15) is 0 Å². The van der Waals surface area contributed by atoms with Crippen LogP contribution in [0.4, 0.5) is 0 Å². The summed E-state index contributed by atoms with van der Waals surface area (Å²) < 4.78 is 0. The van der Waals surface area contributed by atoms with Crippen molar-refractivity contribution in [3.8, 4) is 0 Å². The van der Waals surface area contributed by atoms with Gasteiger partial charge in [0.2, 0.25) is 0 Å². The molecule has 0 aromatic rings. The molecule has 0 aromatic carbocycles. The average Bonchev–Trinajstić information content (AvgIpc) is 2.31. The van der Waals surface area contributed by atoms with E-state index in [0.717, 1.165) is 12.6 Å². The van der Waals surface area contributed by atoms with Crippen LogP contribution in [-0.4, -0.2) is 12.6 Å². The highest BCUT2D eigenvalue weighted by molar-refractivity contribution is 5.65. The Hall–Kier alpha value is -2.22. The van der Waals surface area contributed by atoms with Crippen LogP contribution < -0.4 is 0 Å². The van der Waals surface area contributed by atoms with Crippen molar-refractivity contribution >= 4 is 12.6 Å². The molecule has 2 nitrogen and oxygen atoms in total. The fraction of sp³-hybridized carbons (Fsp3) is 0. The second kappa shape index (κ2) is 12.8. The van der Waals surface area contributed by atoms with Crippen LogP contribution in [0.5, 0.6) is 0 Å². The summed E-state index contributed by atoms with van der Waals surface area (Å²) >= 11 is 0. The Morgan fingerprint density at radius 2 is 0.500 bits per heavy atom. The van der Waals surface area contributed by atoms with E-state index in [0.29, 0.717) is 0 Å². The van der Waals surface area contributed by atoms with Crippen molar-refractivity contribution in [1.82, 2.24) is 0 Å². The smallest absolute Gasteiger partial charge is 0.142 e. The molecule has 0 heterocycles. The number of carbonyl (C=O) groups excluding carboxylic acids is 2. The topological polar surface area (TPSA) is 34.1 Å². The van der Waals surface area contributed by atoms with Gasteiger partial charge in [-0.3, -0.25) is 9.59 Å². The summed E-state index contributed by atoms with van der Waals surface area (Å²) in [5, 5.41) is 0. The highest BCUT2D eigenvalue weighted by atomic mass is 16.1. The Morgan fingerprint density at radius 1 is 0.312 bits per heavy atom. The minimum absolute atomic E-state index is 0.728. The van der Waals surface area contributed by atoms with Crippen LogP contribution in [-0.2, 0) is 9.59 Å². The molecule has 0 radical (unpaired) electrons. The molecule has 0 rings (SSSR count). The lowest BCUT2D eigenvalue weighted by molar-refractivity contribution is -0.104. The molecule has 0 unspecified atom stereocenters. The maximum atomic E-state index is 9.90. The summed E-state index contributed by atoms with van der Waals surface area (Å²) in [5.41, 5.74) is 0. The Kier molecular flexibility index (Phi) is 11.0. The summed E-state index contributed by atoms with van der Waals surface area (Å²) in [6, 6.07) is 0. The first kappa shape index (κ1) is 13.8. The largest absolute Gasteiger partial charge is 0.299 e. The second-order valence-electron chi connectivity index (χ2n) is 2.58. The monoisotopic (exact) mass is 214 g/mol. The molecule has 0 aliphatic carbocycles. The van der Waals surface area contributed by atoms with Crippen LogP contribution in [0.2, 0.25) is 0 Å². The van der Waals surface area contributed by atoms with Gasteiger partial charge >= 0.3 is 0 Å². The first-order valence-electron chi connectivity index (χ1n) is 4.80. The molecule has 0 aromatic heterocycles. The molecule has 0 N–H and O–H groups in total. The molecule has 0 bridgehead atoms. The zero-order chi connectivity index (χ0) is 11.9. The maximum Gasteiger partial charge on any atom is 0.142 e. The molecule has 0 aliphatic rings. The number of hydrogen-bond donors (Lipinski definition) is 0. The minimum atomic E-state index is 0.728. The summed E-state index contributed by atoms with van der Waals surface area (Å²) in [6.45, 7) is 0. The molecule has 0 atom stereocenters. The van der Waals surface area contributed by atoms with Gasteiger partial charge in [-0.05, 0) is 12.2 Å². The third-order valence-electron chi connectivity index (χ3n) is 1.38. The van der Waals surface area contributed by atoms with Gasteiger partial charge in [0, 0.05) is 0 Å². The highest BCUT2D eigenvalue weighted by Gasteiger charge is 1.64. The van der Waals surface area contributed by atoms with E-state index >= 15 is 0 Å². The number of hydrogen-bond acceptors (Lipinski definition) is 2. The summed E-state index contributed by atoms with van der Waals surface area (Å²) in [7, 11) is 0. The van der Waals surface area contributed by atoms with Crippen molar-refractivity contribution in [3.63, 3.8) is 0 Å². The van der Waals surface area contributed by atoms with Gasteiger partial charge in [-0.1, -0.05) is 60.8 Å². The molecule has 0 aliphatic heterocycles. The van der Waals surface area contributed by atoms with E-state index in [2.05, 4.69) is 0 Å². The SMILES string of the molecule is O=C/C=C/C=C/C=C/C=C/C=C/C=C/C=O. The van der Waals surface area contributed by atoms with Crippen LogP contribution in [0, 0.1) is 0 Å². The van der Waals surface area contributed by atoms with Crippen LogP contribution in [0.15, 0.2) is 72.9 Å². The molecule has 82 valence electrons. The van der Waals surface area contributed by atoms with E-state index in [-0.39, 0.29) is 0 Å². The third-order valence-corrected chi connectivity index (χ3v) is 1.38. The lowest BCUT2D eigenvalue weighted by Crippen LogP contribution is -1.56. The highest BCUT2D eigenvalue weighted by Crippen LogP contribution is 1.83. The summed E-state index contributed by atoms with van der Waals surface area (Å²) in [4.78, 5) is 19.8. The van der Waals surface area contributed by atoms with E-state index in [9.17, 15) is 9.59 Å². The van der Waals surface area contributed by atoms with Crippen LogP contribution in [0.3, 0.4) is 0 Å². The predicted octanol–water partition coefficient (Wildman–Crippen LogP) is 2.72. The van der Waals surface area contributed by atoms with Gasteiger partial charge in [0.1, 0.15) is 12.6 Å². The maximum absolute atomic E-state index is 9.90. The average molecular weight is 214 g/mol. The second-order valence-corrected chi connectivity index (χ2v) is 2.58. The van der Waals surface area contributed by atoms with Crippen molar-refractivity contribution in [2.45, 2.75) is 0 Å². The van der Waals surface area contributed by atoms with Gasteiger partial charge < -0.3 is 0 Å². The van der Waals surface area contributed by atoms with E-state index < -0.39 is 0 Å². The van der Waals surface area contributed by atoms with Gasteiger partial charge in [0.15, 0.2) is 0 Å². The molecule has 16 heavy (non-hydrogen) atoms. The Morgan fingerprint density at radius 3 is 0.688 bits per heavy atom. The van der Waals surface area contributed by atoms with Crippen LogP contribution in [0.25, 0.3) is 0 Å². The fourth-order valence-corrected chi connectivity index (χ4v) is 0.732. The summed E-state index contributed by atoms with van der Waals surface area (Å²) in [6.07, 6.45) is 22.2.